The number of aromatic nitrogens is 2. The number of ether oxygens (including phenoxy) is 2. The smallest absolute Gasteiger partial charge is 0.243 e. The molecule has 2 aliphatic heterocycles. The fourth-order valence-electron chi connectivity index (χ4n) is 4.73. The van der Waals surface area contributed by atoms with Crippen molar-refractivity contribution in [2.45, 2.75) is 49.1 Å². The summed E-state index contributed by atoms with van der Waals surface area (Å²) >= 11 is 0. The highest BCUT2D eigenvalue weighted by Gasteiger charge is 2.41. The molecule has 2 aromatic rings. The first-order valence-corrected chi connectivity index (χ1v) is 12.1. The van der Waals surface area contributed by atoms with E-state index in [0.717, 1.165) is 30.5 Å². The second kappa shape index (κ2) is 7.83. The molecule has 9 nitrogen and oxygen atoms in total. The molecule has 0 unspecified atom stereocenters. The minimum absolute atomic E-state index is 0.115. The molecule has 1 aromatic heterocycles. The van der Waals surface area contributed by atoms with Gasteiger partial charge in [0.1, 0.15) is 19.3 Å². The summed E-state index contributed by atoms with van der Waals surface area (Å²) in [6.07, 6.45) is 5.67. The van der Waals surface area contributed by atoms with Gasteiger partial charge in [-0.2, -0.15) is 9.40 Å². The zero-order valence-electron chi connectivity index (χ0n) is 17.4. The summed E-state index contributed by atoms with van der Waals surface area (Å²) < 4.78 is 40.9. The molecule has 166 valence electrons. The van der Waals surface area contributed by atoms with Gasteiger partial charge in [0, 0.05) is 30.9 Å². The Bertz CT molecular complexity index is 1110. The van der Waals surface area contributed by atoms with Crippen molar-refractivity contribution in [1.29, 1.82) is 0 Å². The molecule has 1 aromatic carbocycles. The van der Waals surface area contributed by atoms with E-state index in [1.807, 2.05) is 11.7 Å². The quantitative estimate of drug-likeness (QED) is 0.764. The Kier molecular flexibility index (Phi) is 5.13. The lowest BCUT2D eigenvalue weighted by atomic mass is 9.92. The zero-order chi connectivity index (χ0) is 21.6. The Morgan fingerprint density at radius 2 is 1.97 bits per heavy atom. The van der Waals surface area contributed by atoms with Crippen LogP contribution in [0.3, 0.4) is 0 Å². The van der Waals surface area contributed by atoms with Gasteiger partial charge in [-0.25, -0.2) is 8.42 Å². The van der Waals surface area contributed by atoms with E-state index in [9.17, 15) is 13.2 Å². The van der Waals surface area contributed by atoms with Gasteiger partial charge in [-0.15, -0.1) is 0 Å². The third-order valence-electron chi connectivity index (χ3n) is 6.32. The summed E-state index contributed by atoms with van der Waals surface area (Å²) in [4.78, 5) is 13.3. The topological polar surface area (TPSA) is 103 Å². The Morgan fingerprint density at radius 1 is 1.16 bits per heavy atom. The summed E-state index contributed by atoms with van der Waals surface area (Å²) in [5, 5.41) is 7.41. The van der Waals surface area contributed by atoms with Gasteiger partial charge in [0.15, 0.2) is 11.5 Å². The van der Waals surface area contributed by atoms with Crippen LogP contribution in [0.1, 0.15) is 43.0 Å². The third-order valence-corrected chi connectivity index (χ3v) is 8.22. The predicted octanol–water partition coefficient (Wildman–Crippen LogP) is 1.54. The number of benzene rings is 1. The molecule has 31 heavy (non-hydrogen) atoms. The number of hydrogen-bond acceptors (Lipinski definition) is 6. The zero-order valence-corrected chi connectivity index (χ0v) is 18.2. The highest BCUT2D eigenvalue weighted by molar-refractivity contribution is 7.89. The van der Waals surface area contributed by atoms with Gasteiger partial charge in [-0.3, -0.25) is 9.48 Å². The van der Waals surface area contributed by atoms with Crippen molar-refractivity contribution in [3.05, 3.63) is 35.7 Å². The van der Waals surface area contributed by atoms with Crippen molar-refractivity contribution in [3.8, 4) is 11.5 Å². The van der Waals surface area contributed by atoms with Crippen LogP contribution in [0.2, 0.25) is 0 Å². The molecule has 1 N–H and O–H groups in total. The molecule has 3 heterocycles. The number of rotatable bonds is 4. The molecular weight excluding hydrogens is 420 g/mol. The first-order valence-electron chi connectivity index (χ1n) is 10.7. The van der Waals surface area contributed by atoms with Gasteiger partial charge in [-0.05, 0) is 44.2 Å². The second-order valence-electron chi connectivity index (χ2n) is 8.20. The highest BCUT2D eigenvalue weighted by Crippen LogP contribution is 2.35. The molecule has 10 heteroatoms. The maximum atomic E-state index is 13.4. The van der Waals surface area contributed by atoms with Crippen LogP contribution < -0.4 is 14.8 Å². The molecule has 0 bridgehead atoms. The van der Waals surface area contributed by atoms with Crippen LogP contribution >= 0.6 is 0 Å². The number of sulfonamides is 1. The van der Waals surface area contributed by atoms with Crippen molar-refractivity contribution < 1.29 is 22.7 Å². The van der Waals surface area contributed by atoms with Crippen molar-refractivity contribution in [1.82, 2.24) is 19.4 Å². The fraction of sp³-hybridized carbons (Fsp3) is 0.524. The number of aryl methyl sites for hydroxylation is 1. The molecule has 0 spiro atoms. The Labute approximate surface area is 181 Å². The van der Waals surface area contributed by atoms with E-state index >= 15 is 0 Å². The normalized spacial score (nSPS) is 23.4. The molecule has 3 aliphatic rings. The van der Waals surface area contributed by atoms with Crippen molar-refractivity contribution >= 4 is 15.9 Å². The molecule has 2 atom stereocenters. The van der Waals surface area contributed by atoms with Crippen LogP contribution in [0.15, 0.2) is 29.3 Å². The average Bonchev–Trinajstić information content (AvgIpc) is 3.42. The number of nitrogens with one attached hydrogen (secondary N) is 1. The maximum Gasteiger partial charge on any atom is 0.243 e. The van der Waals surface area contributed by atoms with Crippen molar-refractivity contribution in [2.24, 2.45) is 7.05 Å². The monoisotopic (exact) mass is 446 g/mol. The number of fused-ring (bicyclic) bond motifs is 2. The minimum atomic E-state index is -3.84. The van der Waals surface area contributed by atoms with Gasteiger partial charge in [0.05, 0.1) is 17.1 Å². The van der Waals surface area contributed by atoms with E-state index in [1.165, 1.54) is 16.4 Å². The number of amides is 1. The first kappa shape index (κ1) is 20.3. The summed E-state index contributed by atoms with van der Waals surface area (Å²) in [5.74, 6) is 0.699. The Hall–Kier alpha value is -2.59. The standard InChI is InChI=1S/C21H26N4O5S/c1-24-17-5-2-4-16(15(17)13-22-24)23-21(26)18-6-3-9-25(18)31(27,28)14-7-8-19-20(12-14)30-11-10-29-19/h7-8,12-13,16,18H,2-6,9-11H2,1H3,(H,23,26)/t16-,18+/m1/s1. The van der Waals surface area contributed by atoms with Crippen LogP contribution in [0.4, 0.5) is 0 Å². The predicted molar refractivity (Wildman–Crippen MR) is 111 cm³/mol. The summed E-state index contributed by atoms with van der Waals surface area (Å²) in [7, 11) is -1.94. The summed E-state index contributed by atoms with van der Waals surface area (Å²) in [6.45, 7) is 1.13. The lowest BCUT2D eigenvalue weighted by Gasteiger charge is -2.28. The number of carbonyl (C=O) groups excluding carboxylic acids is 1. The summed E-state index contributed by atoms with van der Waals surface area (Å²) in [6, 6.07) is 3.75. The van der Waals surface area contributed by atoms with Gasteiger partial charge < -0.3 is 14.8 Å². The van der Waals surface area contributed by atoms with Crippen molar-refractivity contribution in [3.63, 3.8) is 0 Å². The number of nitrogens with zero attached hydrogens (tertiary/aromatic N) is 3. The molecule has 5 rings (SSSR count). The largest absolute Gasteiger partial charge is 0.486 e. The van der Waals surface area contributed by atoms with Gasteiger partial charge >= 0.3 is 0 Å². The van der Waals surface area contributed by atoms with E-state index in [0.29, 0.717) is 44.1 Å². The van der Waals surface area contributed by atoms with Gasteiger partial charge in [0.25, 0.3) is 0 Å². The van der Waals surface area contributed by atoms with E-state index in [-0.39, 0.29) is 16.8 Å². The second-order valence-corrected chi connectivity index (χ2v) is 10.1. The fourth-order valence-corrected chi connectivity index (χ4v) is 6.41. The molecule has 0 radical (unpaired) electrons. The number of carbonyl (C=O) groups is 1. The first-order chi connectivity index (χ1) is 14.9. The third kappa shape index (κ3) is 3.57. The molecule has 0 saturated carbocycles. The molecular formula is C21H26N4O5S. The van der Waals surface area contributed by atoms with Crippen LogP contribution in [0, 0.1) is 0 Å². The van der Waals surface area contributed by atoms with Crippen LogP contribution in [0.25, 0.3) is 0 Å². The molecule has 1 amide bonds. The van der Waals surface area contributed by atoms with Gasteiger partial charge in [-0.1, -0.05) is 0 Å². The number of hydrogen-bond donors (Lipinski definition) is 1. The van der Waals surface area contributed by atoms with Crippen molar-refractivity contribution in [2.75, 3.05) is 19.8 Å². The molecule has 1 aliphatic carbocycles. The van der Waals surface area contributed by atoms with E-state index in [2.05, 4.69) is 10.4 Å². The Balaban J connectivity index is 1.36. The Morgan fingerprint density at radius 3 is 2.81 bits per heavy atom. The van der Waals surface area contributed by atoms with E-state index < -0.39 is 16.1 Å². The maximum absolute atomic E-state index is 13.4. The molecule has 1 saturated heterocycles. The minimum Gasteiger partial charge on any atom is -0.486 e. The average molecular weight is 447 g/mol. The van der Waals surface area contributed by atoms with Gasteiger partial charge in [0.2, 0.25) is 15.9 Å². The summed E-state index contributed by atoms with van der Waals surface area (Å²) in [5.41, 5.74) is 2.16. The highest BCUT2D eigenvalue weighted by atomic mass is 32.2. The van der Waals surface area contributed by atoms with E-state index in [4.69, 9.17) is 9.47 Å². The van der Waals surface area contributed by atoms with Crippen LogP contribution in [-0.4, -0.2) is 54.2 Å². The van der Waals surface area contributed by atoms with E-state index in [1.54, 1.807) is 12.3 Å². The SMILES string of the molecule is Cn1ncc2c1CCC[C@H]2NC(=O)[C@@H]1CCCN1S(=O)(=O)c1ccc2c(c1)OCCO2. The van der Waals surface area contributed by atoms with Crippen LogP contribution in [-0.2, 0) is 28.3 Å². The molecule has 1 fully saturated rings. The van der Waals surface area contributed by atoms with Crippen LogP contribution in [0.5, 0.6) is 11.5 Å². The lowest BCUT2D eigenvalue weighted by molar-refractivity contribution is -0.125. The lowest BCUT2D eigenvalue weighted by Crippen LogP contribution is -2.47.